The lowest BCUT2D eigenvalue weighted by Gasteiger charge is -1.99. The standard InChI is InChI=1S/C8H11NO3/c1-2-4-9-7(10)6-3-5-12-8(6)11/h3,5,11H,2,4H2,1H3,(H,9,10). The summed E-state index contributed by atoms with van der Waals surface area (Å²) in [6, 6.07) is 1.43. The Bertz CT molecular complexity index is 267. The number of furan rings is 1. The fourth-order valence-corrected chi connectivity index (χ4v) is 0.808. The summed E-state index contributed by atoms with van der Waals surface area (Å²) in [7, 11) is 0. The molecule has 0 aliphatic rings. The Morgan fingerprint density at radius 2 is 2.50 bits per heavy atom. The fraction of sp³-hybridized carbons (Fsp3) is 0.375. The molecule has 2 N–H and O–H groups in total. The molecule has 0 fully saturated rings. The second-order valence-electron chi connectivity index (χ2n) is 2.40. The van der Waals surface area contributed by atoms with Gasteiger partial charge in [0.05, 0.1) is 6.26 Å². The minimum absolute atomic E-state index is 0.184. The van der Waals surface area contributed by atoms with Crippen molar-refractivity contribution in [1.29, 1.82) is 0 Å². The van der Waals surface area contributed by atoms with Crippen LogP contribution in [-0.2, 0) is 0 Å². The lowest BCUT2D eigenvalue weighted by molar-refractivity contribution is 0.0949. The van der Waals surface area contributed by atoms with E-state index in [0.29, 0.717) is 6.54 Å². The van der Waals surface area contributed by atoms with Crippen molar-refractivity contribution < 1.29 is 14.3 Å². The quantitative estimate of drug-likeness (QED) is 0.712. The van der Waals surface area contributed by atoms with Gasteiger partial charge in [-0.2, -0.15) is 0 Å². The second kappa shape index (κ2) is 3.80. The number of hydrogen-bond donors (Lipinski definition) is 2. The third-order valence-corrected chi connectivity index (χ3v) is 1.42. The highest BCUT2D eigenvalue weighted by atomic mass is 16.5. The van der Waals surface area contributed by atoms with E-state index in [4.69, 9.17) is 5.11 Å². The third kappa shape index (κ3) is 1.78. The first-order valence-corrected chi connectivity index (χ1v) is 3.80. The summed E-state index contributed by atoms with van der Waals surface area (Å²) in [4.78, 5) is 11.2. The molecule has 0 spiro atoms. The van der Waals surface area contributed by atoms with Crippen LogP contribution in [0.5, 0.6) is 5.95 Å². The molecule has 12 heavy (non-hydrogen) atoms. The normalized spacial score (nSPS) is 9.75. The second-order valence-corrected chi connectivity index (χ2v) is 2.40. The Hall–Kier alpha value is -1.45. The number of aromatic hydroxyl groups is 1. The van der Waals surface area contributed by atoms with Gasteiger partial charge >= 0.3 is 0 Å². The lowest BCUT2D eigenvalue weighted by atomic mass is 10.3. The highest BCUT2D eigenvalue weighted by Gasteiger charge is 2.12. The molecule has 0 aromatic carbocycles. The number of nitrogens with one attached hydrogen (secondary N) is 1. The van der Waals surface area contributed by atoms with Crippen LogP contribution in [-0.4, -0.2) is 17.6 Å². The molecule has 1 heterocycles. The Kier molecular flexibility index (Phi) is 2.74. The average Bonchev–Trinajstić information content (AvgIpc) is 2.47. The van der Waals surface area contributed by atoms with Gasteiger partial charge in [-0.05, 0) is 12.5 Å². The number of rotatable bonds is 3. The van der Waals surface area contributed by atoms with Crippen LogP contribution in [0.3, 0.4) is 0 Å². The molecule has 0 aliphatic carbocycles. The van der Waals surface area contributed by atoms with Crippen molar-refractivity contribution in [1.82, 2.24) is 5.32 Å². The van der Waals surface area contributed by atoms with E-state index in [1.54, 1.807) is 0 Å². The molecule has 66 valence electrons. The van der Waals surface area contributed by atoms with Crippen LogP contribution >= 0.6 is 0 Å². The minimum Gasteiger partial charge on any atom is -0.480 e. The summed E-state index contributed by atoms with van der Waals surface area (Å²) in [5.41, 5.74) is 0.184. The van der Waals surface area contributed by atoms with E-state index in [0.717, 1.165) is 6.42 Å². The molecule has 0 unspecified atom stereocenters. The van der Waals surface area contributed by atoms with Crippen molar-refractivity contribution in [3.63, 3.8) is 0 Å². The maximum Gasteiger partial charge on any atom is 0.295 e. The molecule has 0 aliphatic heterocycles. The first kappa shape index (κ1) is 8.64. The highest BCUT2D eigenvalue weighted by Crippen LogP contribution is 2.16. The number of carbonyl (C=O) groups excluding carboxylic acids is 1. The van der Waals surface area contributed by atoms with Crippen molar-refractivity contribution in [3.8, 4) is 5.95 Å². The van der Waals surface area contributed by atoms with Crippen LogP contribution in [0.4, 0.5) is 0 Å². The van der Waals surface area contributed by atoms with E-state index in [1.807, 2.05) is 6.92 Å². The van der Waals surface area contributed by atoms with Crippen LogP contribution < -0.4 is 5.32 Å². The van der Waals surface area contributed by atoms with E-state index in [2.05, 4.69) is 9.73 Å². The first-order valence-electron chi connectivity index (χ1n) is 3.80. The molecule has 0 saturated heterocycles. The van der Waals surface area contributed by atoms with Crippen molar-refractivity contribution in [2.75, 3.05) is 6.54 Å². The fourth-order valence-electron chi connectivity index (χ4n) is 0.808. The molecule has 0 bridgehead atoms. The Labute approximate surface area is 70.2 Å². The third-order valence-electron chi connectivity index (χ3n) is 1.42. The van der Waals surface area contributed by atoms with Gasteiger partial charge < -0.3 is 14.8 Å². The lowest BCUT2D eigenvalue weighted by Crippen LogP contribution is -2.23. The van der Waals surface area contributed by atoms with Gasteiger partial charge in [-0.15, -0.1) is 0 Å². The molecule has 4 nitrogen and oxygen atoms in total. The van der Waals surface area contributed by atoms with Gasteiger partial charge in [0.2, 0.25) is 0 Å². The Morgan fingerprint density at radius 1 is 1.75 bits per heavy atom. The zero-order chi connectivity index (χ0) is 8.97. The summed E-state index contributed by atoms with van der Waals surface area (Å²) in [6.45, 7) is 2.55. The summed E-state index contributed by atoms with van der Waals surface area (Å²) < 4.78 is 4.56. The van der Waals surface area contributed by atoms with Gasteiger partial charge in [0.1, 0.15) is 5.56 Å². The van der Waals surface area contributed by atoms with E-state index in [9.17, 15) is 4.79 Å². The summed E-state index contributed by atoms with van der Waals surface area (Å²) >= 11 is 0. The van der Waals surface area contributed by atoms with Crippen LogP contribution in [0, 0.1) is 0 Å². The van der Waals surface area contributed by atoms with Gasteiger partial charge in [-0.3, -0.25) is 4.79 Å². The molecule has 1 aromatic heterocycles. The summed E-state index contributed by atoms with van der Waals surface area (Å²) in [5, 5.41) is 11.6. The van der Waals surface area contributed by atoms with Crippen LogP contribution in [0.25, 0.3) is 0 Å². The van der Waals surface area contributed by atoms with Gasteiger partial charge in [-0.1, -0.05) is 6.92 Å². The number of carbonyl (C=O) groups is 1. The summed E-state index contributed by atoms with van der Waals surface area (Å²) in [6.07, 6.45) is 2.14. The molecule has 1 amide bonds. The maximum absolute atomic E-state index is 11.2. The number of amides is 1. The zero-order valence-corrected chi connectivity index (χ0v) is 6.83. The van der Waals surface area contributed by atoms with E-state index in [1.165, 1.54) is 12.3 Å². The molecule has 1 aromatic rings. The van der Waals surface area contributed by atoms with E-state index in [-0.39, 0.29) is 17.4 Å². The van der Waals surface area contributed by atoms with Crippen LogP contribution in [0.1, 0.15) is 23.7 Å². The SMILES string of the molecule is CCCNC(=O)c1ccoc1O. The monoisotopic (exact) mass is 169 g/mol. The average molecular weight is 169 g/mol. The molecule has 1 rings (SSSR count). The Balaban J connectivity index is 2.59. The molecule has 0 radical (unpaired) electrons. The van der Waals surface area contributed by atoms with Gasteiger partial charge in [0.25, 0.3) is 11.9 Å². The predicted octanol–water partition coefficient (Wildman–Crippen LogP) is 1.12. The largest absolute Gasteiger partial charge is 0.480 e. The van der Waals surface area contributed by atoms with Crippen molar-refractivity contribution in [3.05, 3.63) is 17.9 Å². The molecule has 0 atom stereocenters. The van der Waals surface area contributed by atoms with Crippen molar-refractivity contribution in [2.24, 2.45) is 0 Å². The van der Waals surface area contributed by atoms with Crippen LogP contribution in [0.15, 0.2) is 16.7 Å². The smallest absolute Gasteiger partial charge is 0.295 e. The van der Waals surface area contributed by atoms with E-state index < -0.39 is 0 Å². The highest BCUT2D eigenvalue weighted by molar-refractivity contribution is 5.95. The number of hydrogen-bond acceptors (Lipinski definition) is 3. The minimum atomic E-state index is -0.330. The van der Waals surface area contributed by atoms with Crippen molar-refractivity contribution >= 4 is 5.91 Å². The first-order chi connectivity index (χ1) is 5.75. The zero-order valence-electron chi connectivity index (χ0n) is 6.83. The Morgan fingerprint density at radius 3 is 3.00 bits per heavy atom. The molecule has 4 heteroatoms. The molecular weight excluding hydrogens is 158 g/mol. The molecule has 0 saturated carbocycles. The maximum atomic E-state index is 11.2. The van der Waals surface area contributed by atoms with E-state index >= 15 is 0 Å². The van der Waals surface area contributed by atoms with Crippen molar-refractivity contribution in [2.45, 2.75) is 13.3 Å². The van der Waals surface area contributed by atoms with Gasteiger partial charge in [0, 0.05) is 6.54 Å². The topological polar surface area (TPSA) is 62.5 Å². The molecular formula is C8H11NO3. The van der Waals surface area contributed by atoms with Crippen LogP contribution in [0.2, 0.25) is 0 Å². The summed E-state index contributed by atoms with van der Waals surface area (Å²) in [5.74, 6) is -0.633. The van der Waals surface area contributed by atoms with Gasteiger partial charge in [-0.25, -0.2) is 0 Å². The van der Waals surface area contributed by atoms with Gasteiger partial charge in [0.15, 0.2) is 0 Å². The predicted molar refractivity (Wildman–Crippen MR) is 43.0 cm³/mol.